The van der Waals surface area contributed by atoms with Crippen molar-refractivity contribution in [2.24, 2.45) is 0 Å². The van der Waals surface area contributed by atoms with Crippen molar-refractivity contribution in [3.63, 3.8) is 0 Å². The van der Waals surface area contributed by atoms with Crippen molar-refractivity contribution in [3.8, 4) is 0 Å². The Morgan fingerprint density at radius 2 is 1.94 bits per heavy atom. The van der Waals surface area contributed by atoms with Crippen LogP contribution >= 0.6 is 0 Å². The predicted octanol–water partition coefficient (Wildman–Crippen LogP) is 2.40. The van der Waals surface area contributed by atoms with Crippen LogP contribution in [-0.2, 0) is 13.0 Å². The van der Waals surface area contributed by atoms with Gasteiger partial charge in [0.2, 0.25) is 0 Å². The van der Waals surface area contributed by atoms with Crippen molar-refractivity contribution < 1.29 is 9.90 Å². The molecule has 0 aliphatic carbocycles. The number of carboxylic acids is 1. The molecular formula is C12H18N2O2. The highest BCUT2D eigenvalue weighted by molar-refractivity contribution is 5.90. The SMILES string of the molecule is Cc1nn2c(c1C(=O)O)CCCCCCC2. The van der Waals surface area contributed by atoms with E-state index in [0.717, 1.165) is 31.5 Å². The first-order chi connectivity index (χ1) is 7.70. The summed E-state index contributed by atoms with van der Waals surface area (Å²) < 4.78 is 1.91. The fraction of sp³-hybridized carbons (Fsp3) is 0.667. The average molecular weight is 222 g/mol. The molecule has 1 N–H and O–H groups in total. The fourth-order valence-electron chi connectivity index (χ4n) is 2.43. The van der Waals surface area contributed by atoms with E-state index in [-0.39, 0.29) is 0 Å². The van der Waals surface area contributed by atoms with Gasteiger partial charge >= 0.3 is 5.97 Å². The van der Waals surface area contributed by atoms with Crippen LogP contribution in [0.25, 0.3) is 0 Å². The molecule has 1 aliphatic rings. The van der Waals surface area contributed by atoms with Gasteiger partial charge in [0.15, 0.2) is 0 Å². The number of fused-ring (bicyclic) bond motifs is 1. The number of hydrogen-bond acceptors (Lipinski definition) is 2. The van der Waals surface area contributed by atoms with Crippen molar-refractivity contribution in [1.82, 2.24) is 9.78 Å². The van der Waals surface area contributed by atoms with Gasteiger partial charge in [-0.3, -0.25) is 4.68 Å². The molecule has 0 spiro atoms. The van der Waals surface area contributed by atoms with E-state index in [1.165, 1.54) is 19.3 Å². The number of rotatable bonds is 1. The highest BCUT2D eigenvalue weighted by Crippen LogP contribution is 2.20. The number of carbonyl (C=O) groups is 1. The molecule has 2 heterocycles. The molecule has 16 heavy (non-hydrogen) atoms. The molecule has 0 fully saturated rings. The first-order valence-corrected chi connectivity index (χ1v) is 5.99. The van der Waals surface area contributed by atoms with E-state index in [0.29, 0.717) is 11.3 Å². The first-order valence-electron chi connectivity index (χ1n) is 5.99. The lowest BCUT2D eigenvalue weighted by Crippen LogP contribution is -2.08. The lowest BCUT2D eigenvalue weighted by atomic mass is 10.1. The van der Waals surface area contributed by atoms with E-state index in [4.69, 9.17) is 0 Å². The van der Waals surface area contributed by atoms with Crippen LogP contribution in [-0.4, -0.2) is 20.9 Å². The zero-order valence-electron chi connectivity index (χ0n) is 9.70. The minimum atomic E-state index is -0.835. The lowest BCUT2D eigenvalue weighted by molar-refractivity contribution is 0.0694. The van der Waals surface area contributed by atoms with Gasteiger partial charge in [-0.1, -0.05) is 19.3 Å². The standard InChI is InChI=1S/C12H18N2O2/c1-9-11(12(15)16)10-7-5-3-2-4-6-8-14(10)13-9/h2-8H2,1H3,(H,15,16). The van der Waals surface area contributed by atoms with Crippen LogP contribution in [0.1, 0.15) is 53.8 Å². The average Bonchev–Trinajstić information content (AvgIpc) is 2.56. The zero-order valence-corrected chi connectivity index (χ0v) is 9.70. The Kier molecular flexibility index (Phi) is 3.27. The van der Waals surface area contributed by atoms with Gasteiger partial charge in [-0.2, -0.15) is 5.10 Å². The third-order valence-electron chi connectivity index (χ3n) is 3.23. The van der Waals surface area contributed by atoms with Crippen LogP contribution in [0.15, 0.2) is 0 Å². The molecular weight excluding hydrogens is 204 g/mol. The summed E-state index contributed by atoms with van der Waals surface area (Å²) in [7, 11) is 0. The van der Waals surface area contributed by atoms with Gasteiger partial charge in [0, 0.05) is 6.54 Å². The highest BCUT2D eigenvalue weighted by atomic mass is 16.4. The highest BCUT2D eigenvalue weighted by Gasteiger charge is 2.20. The summed E-state index contributed by atoms with van der Waals surface area (Å²) >= 11 is 0. The number of aryl methyl sites for hydroxylation is 2. The summed E-state index contributed by atoms with van der Waals surface area (Å²) in [6.45, 7) is 2.65. The molecule has 0 saturated heterocycles. The molecule has 0 aromatic carbocycles. The van der Waals surface area contributed by atoms with Gasteiger partial charge in [-0.25, -0.2) is 4.79 Å². The molecule has 0 saturated carbocycles. The second-order valence-electron chi connectivity index (χ2n) is 4.45. The maximum absolute atomic E-state index is 11.2. The second-order valence-corrected chi connectivity index (χ2v) is 4.45. The van der Waals surface area contributed by atoms with Gasteiger partial charge in [0.1, 0.15) is 5.56 Å². The van der Waals surface area contributed by atoms with Crippen molar-refractivity contribution in [3.05, 3.63) is 17.0 Å². The number of aromatic nitrogens is 2. The third kappa shape index (κ3) is 2.10. The second kappa shape index (κ2) is 4.68. The maximum Gasteiger partial charge on any atom is 0.339 e. The molecule has 4 nitrogen and oxygen atoms in total. The number of hydrogen-bond donors (Lipinski definition) is 1. The summed E-state index contributed by atoms with van der Waals surface area (Å²) in [5.41, 5.74) is 2.01. The number of aromatic carboxylic acids is 1. The molecule has 1 aliphatic heterocycles. The molecule has 0 amide bonds. The summed E-state index contributed by atoms with van der Waals surface area (Å²) in [4.78, 5) is 11.2. The van der Waals surface area contributed by atoms with Gasteiger partial charge < -0.3 is 5.11 Å². The quantitative estimate of drug-likeness (QED) is 0.793. The van der Waals surface area contributed by atoms with E-state index in [1.807, 2.05) is 4.68 Å². The third-order valence-corrected chi connectivity index (χ3v) is 3.23. The van der Waals surface area contributed by atoms with Crippen molar-refractivity contribution in [2.45, 2.75) is 52.0 Å². The zero-order chi connectivity index (χ0) is 11.5. The van der Waals surface area contributed by atoms with Crippen LogP contribution < -0.4 is 0 Å². The normalized spacial score (nSPS) is 17.1. The summed E-state index contributed by atoms with van der Waals surface area (Å²) in [6, 6.07) is 0. The number of carboxylic acid groups (broad SMARTS) is 1. The minimum Gasteiger partial charge on any atom is -0.478 e. The van der Waals surface area contributed by atoms with Crippen LogP contribution in [0.2, 0.25) is 0 Å². The molecule has 0 radical (unpaired) electrons. The molecule has 88 valence electrons. The Bertz CT molecular complexity index is 396. The van der Waals surface area contributed by atoms with Gasteiger partial charge in [-0.05, 0) is 26.2 Å². The minimum absolute atomic E-state index is 0.432. The molecule has 0 bridgehead atoms. The Balaban J connectivity index is 2.37. The predicted molar refractivity (Wildman–Crippen MR) is 60.7 cm³/mol. The van der Waals surface area contributed by atoms with Crippen LogP contribution in [0.4, 0.5) is 0 Å². The molecule has 0 atom stereocenters. The van der Waals surface area contributed by atoms with Crippen molar-refractivity contribution in [2.75, 3.05) is 0 Å². The van der Waals surface area contributed by atoms with Crippen molar-refractivity contribution in [1.29, 1.82) is 0 Å². The summed E-state index contributed by atoms with van der Waals surface area (Å²) in [5.74, 6) is -0.835. The van der Waals surface area contributed by atoms with E-state index in [1.54, 1.807) is 6.92 Å². The molecule has 4 heteroatoms. The molecule has 2 rings (SSSR count). The molecule has 1 aromatic heterocycles. The first kappa shape index (κ1) is 11.2. The molecule has 0 unspecified atom stereocenters. The Morgan fingerprint density at radius 3 is 2.69 bits per heavy atom. The summed E-state index contributed by atoms with van der Waals surface area (Å²) in [6.07, 6.45) is 6.71. The van der Waals surface area contributed by atoms with E-state index in [2.05, 4.69) is 5.10 Å². The number of nitrogens with zero attached hydrogens (tertiary/aromatic N) is 2. The molecule has 1 aromatic rings. The Morgan fingerprint density at radius 1 is 1.25 bits per heavy atom. The smallest absolute Gasteiger partial charge is 0.339 e. The Hall–Kier alpha value is -1.32. The lowest BCUT2D eigenvalue weighted by Gasteiger charge is -2.05. The van der Waals surface area contributed by atoms with Crippen LogP contribution in [0.3, 0.4) is 0 Å². The largest absolute Gasteiger partial charge is 0.478 e. The van der Waals surface area contributed by atoms with Gasteiger partial charge in [-0.15, -0.1) is 0 Å². The van der Waals surface area contributed by atoms with E-state index >= 15 is 0 Å². The van der Waals surface area contributed by atoms with Crippen LogP contribution in [0, 0.1) is 6.92 Å². The summed E-state index contributed by atoms with van der Waals surface area (Å²) in [5, 5.41) is 13.5. The monoisotopic (exact) mass is 222 g/mol. The van der Waals surface area contributed by atoms with Gasteiger partial charge in [0.05, 0.1) is 11.4 Å². The van der Waals surface area contributed by atoms with E-state index < -0.39 is 5.97 Å². The van der Waals surface area contributed by atoms with Gasteiger partial charge in [0.25, 0.3) is 0 Å². The fourth-order valence-corrected chi connectivity index (χ4v) is 2.43. The van der Waals surface area contributed by atoms with E-state index in [9.17, 15) is 9.90 Å². The topological polar surface area (TPSA) is 55.1 Å². The Labute approximate surface area is 95.3 Å². The van der Waals surface area contributed by atoms with Crippen molar-refractivity contribution >= 4 is 5.97 Å². The maximum atomic E-state index is 11.2. The van der Waals surface area contributed by atoms with Crippen LogP contribution in [0.5, 0.6) is 0 Å².